The largest absolute Gasteiger partial charge is 0.493 e. The molecule has 0 amide bonds. The van der Waals surface area contributed by atoms with Crippen molar-refractivity contribution in [3.05, 3.63) is 95.1 Å². The molecule has 2 N–H and O–H groups in total. The number of methoxy groups -OCH3 is 1. The van der Waals surface area contributed by atoms with E-state index in [1.54, 1.807) is 7.11 Å². The van der Waals surface area contributed by atoms with E-state index in [2.05, 4.69) is 67.3 Å². The fourth-order valence-corrected chi connectivity index (χ4v) is 3.66. The van der Waals surface area contributed by atoms with Crippen molar-refractivity contribution >= 4 is 0 Å². The third-order valence-corrected chi connectivity index (χ3v) is 5.16. The van der Waals surface area contributed by atoms with E-state index < -0.39 is 0 Å². The molecule has 0 saturated carbocycles. The van der Waals surface area contributed by atoms with Crippen LogP contribution >= 0.6 is 0 Å². The molecule has 164 valence electrons. The first-order chi connectivity index (χ1) is 15.1. The minimum atomic E-state index is 0.523. The Hall–Kier alpha value is -2.82. The molecule has 0 unspecified atom stereocenters. The summed E-state index contributed by atoms with van der Waals surface area (Å²) >= 11 is 0. The highest BCUT2D eigenvalue weighted by Gasteiger charge is 2.12. The van der Waals surface area contributed by atoms with E-state index in [1.807, 2.05) is 24.3 Å². The molecule has 0 atom stereocenters. The maximum absolute atomic E-state index is 6.01. The summed E-state index contributed by atoms with van der Waals surface area (Å²) in [5.41, 5.74) is 10.5. The van der Waals surface area contributed by atoms with Crippen LogP contribution in [-0.2, 0) is 26.2 Å². The minimum absolute atomic E-state index is 0.523. The van der Waals surface area contributed by atoms with Gasteiger partial charge in [0.1, 0.15) is 6.61 Å². The van der Waals surface area contributed by atoms with Gasteiger partial charge in [0.25, 0.3) is 0 Å². The maximum Gasteiger partial charge on any atom is 0.161 e. The first kappa shape index (κ1) is 22.9. The molecule has 3 aromatic carbocycles. The smallest absolute Gasteiger partial charge is 0.161 e. The van der Waals surface area contributed by atoms with Crippen LogP contribution in [0.25, 0.3) is 0 Å². The number of ether oxygens (including phenoxy) is 2. The van der Waals surface area contributed by atoms with Crippen LogP contribution in [0.5, 0.6) is 11.5 Å². The van der Waals surface area contributed by atoms with Gasteiger partial charge in [-0.25, -0.2) is 0 Å². The summed E-state index contributed by atoms with van der Waals surface area (Å²) in [6.45, 7) is 8.39. The van der Waals surface area contributed by atoms with Gasteiger partial charge in [-0.05, 0) is 40.3 Å². The molecule has 0 aliphatic rings. The van der Waals surface area contributed by atoms with Crippen LogP contribution in [0.1, 0.15) is 36.1 Å². The molecule has 0 aromatic heterocycles. The summed E-state index contributed by atoms with van der Waals surface area (Å²) in [7, 11) is 1.69. The van der Waals surface area contributed by atoms with E-state index >= 15 is 0 Å². The number of hydrogen-bond donors (Lipinski definition) is 1. The van der Waals surface area contributed by atoms with Crippen LogP contribution in [0.4, 0.5) is 0 Å². The molecule has 4 nitrogen and oxygen atoms in total. The summed E-state index contributed by atoms with van der Waals surface area (Å²) in [6.07, 6.45) is 0. The van der Waals surface area contributed by atoms with Crippen molar-refractivity contribution in [2.24, 2.45) is 11.7 Å². The zero-order valence-corrected chi connectivity index (χ0v) is 18.9. The molecule has 0 heterocycles. The maximum atomic E-state index is 6.01. The van der Waals surface area contributed by atoms with Crippen molar-refractivity contribution in [2.75, 3.05) is 13.7 Å². The van der Waals surface area contributed by atoms with Gasteiger partial charge in [0.15, 0.2) is 11.5 Å². The fourth-order valence-electron chi connectivity index (χ4n) is 3.66. The quantitative estimate of drug-likeness (QED) is 0.453. The number of hydrogen-bond acceptors (Lipinski definition) is 4. The van der Waals surface area contributed by atoms with Gasteiger partial charge in [0.2, 0.25) is 0 Å². The zero-order chi connectivity index (χ0) is 22.1. The Balaban J connectivity index is 1.69. The first-order valence-electron chi connectivity index (χ1n) is 10.9. The van der Waals surface area contributed by atoms with Crippen LogP contribution in [0.3, 0.4) is 0 Å². The van der Waals surface area contributed by atoms with Crippen LogP contribution in [0.2, 0.25) is 0 Å². The molecule has 31 heavy (non-hydrogen) atoms. The Morgan fingerprint density at radius 2 is 1.42 bits per heavy atom. The van der Waals surface area contributed by atoms with Crippen LogP contribution in [0.15, 0.2) is 72.8 Å². The lowest BCUT2D eigenvalue weighted by Crippen LogP contribution is -2.27. The number of nitrogens with two attached hydrogens (primary N) is 1. The van der Waals surface area contributed by atoms with Crippen molar-refractivity contribution < 1.29 is 9.47 Å². The summed E-state index contributed by atoms with van der Waals surface area (Å²) in [4.78, 5) is 2.47. The van der Waals surface area contributed by atoms with E-state index in [4.69, 9.17) is 15.2 Å². The monoisotopic (exact) mass is 418 g/mol. The molecule has 0 saturated heterocycles. The van der Waals surface area contributed by atoms with E-state index in [1.165, 1.54) is 11.1 Å². The van der Waals surface area contributed by atoms with Crippen molar-refractivity contribution in [1.82, 2.24) is 4.90 Å². The highest BCUT2D eigenvalue weighted by molar-refractivity contribution is 5.43. The van der Waals surface area contributed by atoms with E-state index in [0.29, 0.717) is 19.1 Å². The summed E-state index contributed by atoms with van der Waals surface area (Å²) in [5.74, 6) is 2.12. The predicted octanol–water partition coefficient (Wildman–Crippen LogP) is 5.39. The molecule has 0 aliphatic heterocycles. The Kier molecular flexibility index (Phi) is 8.51. The second-order valence-electron chi connectivity index (χ2n) is 8.34. The summed E-state index contributed by atoms with van der Waals surface area (Å²) in [5, 5.41) is 0. The van der Waals surface area contributed by atoms with Gasteiger partial charge in [-0.2, -0.15) is 0 Å². The molecular weight excluding hydrogens is 384 g/mol. The van der Waals surface area contributed by atoms with Crippen molar-refractivity contribution in [2.45, 2.75) is 40.1 Å². The van der Waals surface area contributed by atoms with Crippen molar-refractivity contribution in [1.29, 1.82) is 0 Å². The third kappa shape index (κ3) is 7.12. The topological polar surface area (TPSA) is 47.7 Å². The second kappa shape index (κ2) is 11.5. The lowest BCUT2D eigenvalue weighted by atomic mass is 10.1. The molecule has 0 bridgehead atoms. The number of nitrogens with zero attached hydrogens (tertiary/aromatic N) is 1. The lowest BCUT2D eigenvalue weighted by Gasteiger charge is -2.25. The van der Waals surface area contributed by atoms with E-state index in [-0.39, 0.29) is 0 Å². The van der Waals surface area contributed by atoms with Gasteiger partial charge in [-0.3, -0.25) is 4.90 Å². The predicted molar refractivity (Wildman–Crippen MR) is 127 cm³/mol. The molecular formula is C27H34N2O2. The van der Waals surface area contributed by atoms with Gasteiger partial charge in [0.05, 0.1) is 7.11 Å². The van der Waals surface area contributed by atoms with Crippen LogP contribution in [0, 0.1) is 5.92 Å². The highest BCUT2D eigenvalue weighted by Crippen LogP contribution is 2.29. The Labute approximate surface area is 186 Å². The second-order valence-corrected chi connectivity index (χ2v) is 8.34. The highest BCUT2D eigenvalue weighted by atomic mass is 16.5. The standard InChI is InChI=1S/C27H34N2O2/c1-21(2)17-29(18-23-11-9-22(16-28)10-12-23)19-25-13-14-26(27(15-25)30-3)31-20-24-7-5-4-6-8-24/h4-15,21H,16-20,28H2,1-3H3. The zero-order valence-electron chi connectivity index (χ0n) is 18.9. The van der Waals surface area contributed by atoms with Crippen molar-refractivity contribution in [3.8, 4) is 11.5 Å². The Bertz CT molecular complexity index is 924. The van der Waals surface area contributed by atoms with E-state index in [0.717, 1.165) is 42.3 Å². The van der Waals surface area contributed by atoms with Crippen molar-refractivity contribution in [3.63, 3.8) is 0 Å². The summed E-state index contributed by atoms with van der Waals surface area (Å²) in [6, 6.07) is 25.0. The van der Waals surface area contributed by atoms with Gasteiger partial charge < -0.3 is 15.2 Å². The molecule has 3 aromatic rings. The third-order valence-electron chi connectivity index (χ3n) is 5.16. The normalized spacial score (nSPS) is 11.2. The molecule has 0 radical (unpaired) electrons. The number of benzene rings is 3. The number of rotatable bonds is 11. The van der Waals surface area contributed by atoms with Gasteiger partial charge >= 0.3 is 0 Å². The van der Waals surface area contributed by atoms with Gasteiger partial charge in [-0.15, -0.1) is 0 Å². The fraction of sp³-hybridized carbons (Fsp3) is 0.333. The molecule has 0 aliphatic carbocycles. The lowest BCUT2D eigenvalue weighted by molar-refractivity contribution is 0.227. The van der Waals surface area contributed by atoms with Gasteiger partial charge in [-0.1, -0.05) is 74.5 Å². The average molecular weight is 419 g/mol. The van der Waals surface area contributed by atoms with Gasteiger partial charge in [0, 0.05) is 26.2 Å². The molecule has 0 spiro atoms. The first-order valence-corrected chi connectivity index (χ1v) is 10.9. The molecule has 4 heteroatoms. The van der Waals surface area contributed by atoms with E-state index in [9.17, 15) is 0 Å². The molecule has 3 rings (SSSR count). The Morgan fingerprint density at radius 1 is 0.774 bits per heavy atom. The van der Waals surface area contributed by atoms with Crippen LogP contribution < -0.4 is 15.2 Å². The Morgan fingerprint density at radius 3 is 2.06 bits per heavy atom. The molecule has 0 fully saturated rings. The average Bonchev–Trinajstić information content (AvgIpc) is 2.79. The SMILES string of the molecule is COc1cc(CN(Cc2ccc(CN)cc2)CC(C)C)ccc1OCc1ccccc1. The summed E-state index contributed by atoms with van der Waals surface area (Å²) < 4.78 is 11.6. The minimum Gasteiger partial charge on any atom is -0.493 e. The van der Waals surface area contributed by atoms with Crippen LogP contribution in [-0.4, -0.2) is 18.6 Å².